The van der Waals surface area contributed by atoms with Crippen molar-refractivity contribution in [2.75, 3.05) is 6.54 Å². The van der Waals surface area contributed by atoms with Crippen molar-refractivity contribution in [3.63, 3.8) is 0 Å². The van der Waals surface area contributed by atoms with Crippen LogP contribution in [-0.4, -0.2) is 51.8 Å². The molecule has 4 rings (SSSR count). The van der Waals surface area contributed by atoms with E-state index in [2.05, 4.69) is 16.1 Å². The van der Waals surface area contributed by atoms with Crippen LogP contribution in [0.5, 0.6) is 0 Å². The van der Waals surface area contributed by atoms with Gasteiger partial charge in [0.15, 0.2) is 0 Å². The molecular formula is C22H27N5O5. The first-order chi connectivity index (χ1) is 15.3. The fourth-order valence-corrected chi connectivity index (χ4v) is 4.81. The number of hydrazine groups is 1. The van der Waals surface area contributed by atoms with Crippen LogP contribution in [0.25, 0.3) is 0 Å². The van der Waals surface area contributed by atoms with Crippen LogP contribution >= 0.6 is 0 Å². The summed E-state index contributed by atoms with van der Waals surface area (Å²) in [6.07, 6.45) is 3.57. The van der Waals surface area contributed by atoms with E-state index in [9.17, 15) is 24.0 Å². The summed E-state index contributed by atoms with van der Waals surface area (Å²) in [7, 11) is 0. The van der Waals surface area contributed by atoms with Gasteiger partial charge in [-0.1, -0.05) is 50.1 Å². The van der Waals surface area contributed by atoms with E-state index in [1.54, 1.807) is 31.2 Å². The van der Waals surface area contributed by atoms with Crippen molar-refractivity contribution < 1.29 is 24.0 Å². The van der Waals surface area contributed by atoms with Gasteiger partial charge < -0.3 is 10.6 Å². The fraction of sp³-hybridized carbons (Fsp3) is 0.500. The number of rotatable bonds is 7. The maximum absolute atomic E-state index is 13.0. The number of benzene rings is 1. The van der Waals surface area contributed by atoms with Gasteiger partial charge in [-0.3, -0.25) is 24.7 Å². The van der Waals surface area contributed by atoms with Crippen LogP contribution in [0.2, 0.25) is 0 Å². The van der Waals surface area contributed by atoms with E-state index >= 15 is 0 Å². The Morgan fingerprint density at radius 1 is 1.00 bits per heavy atom. The Kier molecular flexibility index (Phi) is 5.62. The molecule has 3 fully saturated rings. The SMILES string of the molecule is CCC1(c2ccccc2)NC(=O)N(NC(=O)CCCN2C(=O)NC3(CCCC3)C2=O)C1=O. The number of imide groups is 2. The number of hydrogen-bond donors (Lipinski definition) is 3. The number of amides is 7. The number of urea groups is 2. The molecule has 1 aliphatic carbocycles. The lowest BCUT2D eigenvalue weighted by atomic mass is 9.87. The lowest BCUT2D eigenvalue weighted by molar-refractivity contribution is -0.139. The number of hydrogen-bond acceptors (Lipinski definition) is 5. The van der Waals surface area contributed by atoms with Gasteiger partial charge in [-0.25, -0.2) is 9.59 Å². The predicted octanol–water partition coefficient (Wildman–Crippen LogP) is 1.52. The molecule has 1 saturated carbocycles. The first-order valence-electron chi connectivity index (χ1n) is 11.0. The molecule has 32 heavy (non-hydrogen) atoms. The summed E-state index contributed by atoms with van der Waals surface area (Å²) in [6, 6.07) is 7.74. The van der Waals surface area contributed by atoms with Crippen LogP contribution in [0, 0.1) is 0 Å². The van der Waals surface area contributed by atoms with Crippen molar-refractivity contribution in [2.45, 2.75) is 62.9 Å². The molecule has 2 aliphatic heterocycles. The highest BCUT2D eigenvalue weighted by Crippen LogP contribution is 2.35. The summed E-state index contributed by atoms with van der Waals surface area (Å²) in [5, 5.41) is 6.20. The zero-order valence-corrected chi connectivity index (χ0v) is 18.0. The first-order valence-corrected chi connectivity index (χ1v) is 11.0. The highest BCUT2D eigenvalue weighted by Gasteiger charge is 2.53. The van der Waals surface area contributed by atoms with E-state index in [0.29, 0.717) is 29.8 Å². The summed E-state index contributed by atoms with van der Waals surface area (Å²) >= 11 is 0. The minimum absolute atomic E-state index is 0.0500. The summed E-state index contributed by atoms with van der Waals surface area (Å²) in [5.74, 6) is -1.33. The Balaban J connectivity index is 1.33. The Hall–Kier alpha value is -3.43. The van der Waals surface area contributed by atoms with E-state index in [1.165, 1.54) is 0 Å². The van der Waals surface area contributed by atoms with E-state index in [4.69, 9.17) is 0 Å². The van der Waals surface area contributed by atoms with Gasteiger partial charge in [0.25, 0.3) is 11.8 Å². The van der Waals surface area contributed by atoms with Crippen molar-refractivity contribution in [2.24, 2.45) is 0 Å². The molecule has 0 aromatic heterocycles. The minimum atomic E-state index is -1.23. The van der Waals surface area contributed by atoms with Gasteiger partial charge in [-0.2, -0.15) is 5.01 Å². The summed E-state index contributed by atoms with van der Waals surface area (Å²) in [6.45, 7) is 1.88. The minimum Gasteiger partial charge on any atom is -0.323 e. The van der Waals surface area contributed by atoms with Crippen LogP contribution in [0.1, 0.15) is 57.4 Å². The average molecular weight is 441 g/mol. The Morgan fingerprint density at radius 2 is 1.69 bits per heavy atom. The average Bonchev–Trinajstić information content (AvgIpc) is 3.42. The second-order valence-electron chi connectivity index (χ2n) is 8.51. The molecule has 2 heterocycles. The molecule has 3 aliphatic rings. The van der Waals surface area contributed by atoms with Crippen LogP contribution in [-0.2, 0) is 19.9 Å². The molecule has 10 heteroatoms. The third-order valence-electron chi connectivity index (χ3n) is 6.61. The number of carbonyl (C=O) groups is 5. The molecular weight excluding hydrogens is 414 g/mol. The normalized spacial score (nSPS) is 24.3. The van der Waals surface area contributed by atoms with Gasteiger partial charge in [-0.15, -0.1) is 0 Å². The van der Waals surface area contributed by atoms with E-state index in [1.807, 2.05) is 6.07 Å². The standard InChI is InChI=1S/C22H27N5O5/c1-2-22(15-9-4-3-5-10-15)18(30)27(20(32)24-22)25-16(28)11-8-14-26-17(29)21(23-19(26)31)12-6-7-13-21/h3-5,9-10H,2,6-8,11-14H2,1H3,(H,23,31)(H,24,32)(H,25,28). The van der Waals surface area contributed by atoms with Gasteiger partial charge in [0, 0.05) is 13.0 Å². The van der Waals surface area contributed by atoms with Gasteiger partial charge in [0.05, 0.1) is 0 Å². The van der Waals surface area contributed by atoms with Crippen LogP contribution < -0.4 is 16.1 Å². The lowest BCUT2D eigenvalue weighted by Crippen LogP contribution is -2.48. The van der Waals surface area contributed by atoms with Crippen LogP contribution in [0.15, 0.2) is 30.3 Å². The molecule has 170 valence electrons. The van der Waals surface area contributed by atoms with Crippen molar-refractivity contribution in [3.8, 4) is 0 Å². The summed E-state index contributed by atoms with van der Waals surface area (Å²) in [5.41, 5.74) is 0.986. The molecule has 7 amide bonds. The van der Waals surface area contributed by atoms with Crippen molar-refractivity contribution in [3.05, 3.63) is 35.9 Å². The van der Waals surface area contributed by atoms with Crippen molar-refractivity contribution >= 4 is 29.8 Å². The Labute approximate surface area is 185 Å². The molecule has 1 unspecified atom stereocenters. The molecule has 1 aromatic rings. The third-order valence-corrected chi connectivity index (χ3v) is 6.61. The van der Waals surface area contributed by atoms with Gasteiger partial charge in [0.1, 0.15) is 11.1 Å². The fourth-order valence-electron chi connectivity index (χ4n) is 4.81. The van der Waals surface area contributed by atoms with E-state index < -0.39 is 35.0 Å². The highest BCUT2D eigenvalue weighted by atomic mass is 16.2. The van der Waals surface area contributed by atoms with Gasteiger partial charge in [-0.05, 0) is 31.2 Å². The number of carbonyl (C=O) groups excluding carboxylic acids is 5. The Morgan fingerprint density at radius 3 is 2.34 bits per heavy atom. The highest BCUT2D eigenvalue weighted by molar-refractivity contribution is 6.08. The smallest absolute Gasteiger partial charge is 0.323 e. The van der Waals surface area contributed by atoms with Crippen LogP contribution in [0.4, 0.5) is 9.59 Å². The van der Waals surface area contributed by atoms with Gasteiger partial charge >= 0.3 is 12.1 Å². The second-order valence-corrected chi connectivity index (χ2v) is 8.51. The second kappa shape index (κ2) is 8.25. The molecule has 1 atom stereocenters. The van der Waals surface area contributed by atoms with Gasteiger partial charge in [0.2, 0.25) is 5.91 Å². The topological polar surface area (TPSA) is 128 Å². The van der Waals surface area contributed by atoms with E-state index in [-0.39, 0.29) is 25.3 Å². The molecule has 0 radical (unpaired) electrons. The molecule has 10 nitrogen and oxygen atoms in total. The maximum Gasteiger partial charge on any atom is 0.344 e. The van der Waals surface area contributed by atoms with Crippen LogP contribution in [0.3, 0.4) is 0 Å². The molecule has 1 spiro atoms. The quantitative estimate of drug-likeness (QED) is 0.553. The van der Waals surface area contributed by atoms with Crippen molar-refractivity contribution in [1.29, 1.82) is 0 Å². The molecule has 1 aromatic carbocycles. The third kappa shape index (κ3) is 3.49. The molecule has 0 bridgehead atoms. The largest absolute Gasteiger partial charge is 0.344 e. The van der Waals surface area contributed by atoms with E-state index in [0.717, 1.165) is 17.7 Å². The monoisotopic (exact) mass is 441 g/mol. The zero-order valence-electron chi connectivity index (χ0n) is 18.0. The zero-order chi connectivity index (χ0) is 22.9. The summed E-state index contributed by atoms with van der Waals surface area (Å²) < 4.78 is 0. The molecule has 2 saturated heterocycles. The Bertz CT molecular complexity index is 959. The molecule has 3 N–H and O–H groups in total. The first kappa shape index (κ1) is 21.8. The lowest BCUT2D eigenvalue weighted by Gasteiger charge is -2.25. The maximum atomic E-state index is 13.0. The summed E-state index contributed by atoms with van der Waals surface area (Å²) in [4.78, 5) is 63.9. The number of nitrogens with zero attached hydrogens (tertiary/aromatic N) is 2. The number of nitrogens with one attached hydrogen (secondary N) is 3. The van der Waals surface area contributed by atoms with Crippen molar-refractivity contribution in [1.82, 2.24) is 26.0 Å². The predicted molar refractivity (Wildman–Crippen MR) is 113 cm³/mol.